The van der Waals surface area contributed by atoms with Crippen molar-refractivity contribution in [2.75, 3.05) is 0 Å². The van der Waals surface area contributed by atoms with Crippen LogP contribution >= 0.6 is 0 Å². The summed E-state index contributed by atoms with van der Waals surface area (Å²) in [4.78, 5) is 3.65. The van der Waals surface area contributed by atoms with Crippen LogP contribution in [0.2, 0.25) is 0 Å². The van der Waals surface area contributed by atoms with Gasteiger partial charge in [0.15, 0.2) is 0 Å². The third kappa shape index (κ3) is 1.44. The van der Waals surface area contributed by atoms with Gasteiger partial charge in [-0.05, 0) is 6.42 Å². The van der Waals surface area contributed by atoms with Gasteiger partial charge in [0, 0.05) is 12.8 Å². The quantitative estimate of drug-likeness (QED) is 0.500. The zero-order chi connectivity index (χ0) is 7.40. The predicted octanol–water partition coefficient (Wildman–Crippen LogP) is 0.552. The number of amidine groups is 2. The Balaban J connectivity index is 2.66. The number of rotatable bonds is 0. The molecular formula is C5H7N3O2-2. The van der Waals surface area contributed by atoms with Crippen molar-refractivity contribution in [3.05, 3.63) is 10.4 Å². The second kappa shape index (κ2) is 3.17. The average molecular weight is 141 g/mol. The minimum absolute atomic E-state index is 0.213. The minimum atomic E-state index is 0.213. The van der Waals surface area contributed by atoms with Crippen molar-refractivity contribution in [1.29, 1.82) is 0 Å². The fourth-order valence-electron chi connectivity index (χ4n) is 0.821. The highest BCUT2D eigenvalue weighted by Crippen LogP contribution is 2.06. The standard InChI is InChI=1S/C5H8N3O2/c9-7-4-2-1-3-5(6-4)8-10/h1-3H2,(H2-,6,7,8,9,10)/q-1/p-1. The van der Waals surface area contributed by atoms with Gasteiger partial charge in [-0.25, -0.2) is 4.99 Å². The van der Waals surface area contributed by atoms with E-state index < -0.39 is 0 Å². The van der Waals surface area contributed by atoms with Crippen LogP contribution in [0.5, 0.6) is 0 Å². The molecule has 0 radical (unpaired) electrons. The molecule has 0 aromatic carbocycles. The molecule has 56 valence electrons. The Morgan fingerprint density at radius 3 is 2.90 bits per heavy atom. The minimum Gasteiger partial charge on any atom is -0.791 e. The Morgan fingerprint density at radius 2 is 2.30 bits per heavy atom. The van der Waals surface area contributed by atoms with Crippen LogP contribution in [0.1, 0.15) is 19.3 Å². The van der Waals surface area contributed by atoms with E-state index in [9.17, 15) is 10.4 Å². The lowest BCUT2D eigenvalue weighted by atomic mass is 10.2. The molecule has 0 spiro atoms. The number of hydroxylamine groups is 1. The third-order valence-electron chi connectivity index (χ3n) is 1.30. The molecule has 0 amide bonds. The number of aliphatic imine (C=N–C) groups is 1. The lowest BCUT2D eigenvalue weighted by Crippen LogP contribution is -2.21. The zero-order valence-electron chi connectivity index (χ0n) is 5.33. The molecule has 0 bridgehead atoms. The van der Waals surface area contributed by atoms with Gasteiger partial charge >= 0.3 is 0 Å². The highest BCUT2D eigenvalue weighted by molar-refractivity contribution is 5.99. The zero-order valence-corrected chi connectivity index (χ0v) is 5.33. The maximum Gasteiger partial charge on any atom is 0.120 e. The Hall–Kier alpha value is -1.10. The molecule has 1 aliphatic heterocycles. The fourth-order valence-corrected chi connectivity index (χ4v) is 0.821. The molecule has 0 saturated heterocycles. The first-order chi connectivity index (χ1) is 4.86. The van der Waals surface area contributed by atoms with Crippen molar-refractivity contribution >= 4 is 11.7 Å². The van der Waals surface area contributed by atoms with Crippen LogP contribution in [0, 0.1) is 10.4 Å². The summed E-state index contributed by atoms with van der Waals surface area (Å²) in [6, 6.07) is 0. The van der Waals surface area contributed by atoms with Gasteiger partial charge in [-0.2, -0.15) is 0 Å². The summed E-state index contributed by atoms with van der Waals surface area (Å²) in [5.74, 6) is 0.519. The fraction of sp³-hybridized carbons (Fsp3) is 0.600. The lowest BCUT2D eigenvalue weighted by Gasteiger charge is -2.17. The van der Waals surface area contributed by atoms with Crippen molar-refractivity contribution in [2.45, 2.75) is 19.3 Å². The molecule has 0 aromatic rings. The Labute approximate surface area is 58.0 Å². The van der Waals surface area contributed by atoms with Crippen LogP contribution in [0.25, 0.3) is 0 Å². The van der Waals surface area contributed by atoms with Crippen LogP contribution in [0.15, 0.2) is 10.1 Å². The van der Waals surface area contributed by atoms with Gasteiger partial charge in [-0.1, -0.05) is 0 Å². The van der Waals surface area contributed by atoms with Crippen molar-refractivity contribution in [3.63, 3.8) is 0 Å². The van der Waals surface area contributed by atoms with E-state index in [-0.39, 0.29) is 5.84 Å². The number of hydrogen-bond acceptors (Lipinski definition) is 4. The highest BCUT2D eigenvalue weighted by Gasteiger charge is 2.05. The maximum atomic E-state index is 10.0. The average Bonchev–Trinajstić information content (AvgIpc) is 2.05. The summed E-state index contributed by atoms with van der Waals surface area (Å²) >= 11 is 0. The maximum absolute atomic E-state index is 10.0. The van der Waals surface area contributed by atoms with Gasteiger partial charge in [-0.3, -0.25) is 0 Å². The highest BCUT2D eigenvalue weighted by atomic mass is 16.5. The first kappa shape index (κ1) is 7.01. The molecule has 0 saturated carbocycles. The van der Waals surface area contributed by atoms with Crippen LogP contribution in [0.4, 0.5) is 0 Å². The molecule has 1 N–H and O–H groups in total. The van der Waals surface area contributed by atoms with E-state index in [1.807, 2.05) is 0 Å². The van der Waals surface area contributed by atoms with E-state index in [1.165, 1.54) is 0 Å². The van der Waals surface area contributed by atoms with Crippen LogP contribution in [0.3, 0.4) is 0 Å². The number of hydrogen-bond donors (Lipinski definition) is 1. The van der Waals surface area contributed by atoms with Gasteiger partial charge in [0.05, 0.1) is 5.84 Å². The molecule has 1 heterocycles. The summed E-state index contributed by atoms with van der Waals surface area (Å²) in [7, 11) is 0. The van der Waals surface area contributed by atoms with Gasteiger partial charge in [0.2, 0.25) is 0 Å². The molecule has 0 unspecified atom stereocenters. The molecular weight excluding hydrogens is 134 g/mol. The van der Waals surface area contributed by atoms with Gasteiger partial charge in [0.25, 0.3) is 0 Å². The summed E-state index contributed by atoms with van der Waals surface area (Å²) in [6.45, 7) is 0. The van der Waals surface area contributed by atoms with E-state index >= 15 is 0 Å². The van der Waals surface area contributed by atoms with E-state index in [0.717, 1.165) is 6.42 Å². The molecule has 5 heteroatoms. The first-order valence-electron chi connectivity index (χ1n) is 3.01. The number of nitrogens with one attached hydrogen (secondary N) is 1. The molecule has 1 rings (SSSR count). The smallest absolute Gasteiger partial charge is 0.120 e. The van der Waals surface area contributed by atoms with Crippen molar-refractivity contribution < 1.29 is 0 Å². The second-order valence-electron chi connectivity index (χ2n) is 2.02. The summed E-state index contributed by atoms with van der Waals surface area (Å²) in [5.41, 5.74) is 1.65. The van der Waals surface area contributed by atoms with Crippen molar-refractivity contribution in [3.8, 4) is 0 Å². The second-order valence-corrected chi connectivity index (χ2v) is 2.02. The Bertz CT molecular complexity index is 176. The largest absolute Gasteiger partial charge is 0.791 e. The van der Waals surface area contributed by atoms with E-state index in [2.05, 4.69) is 10.1 Å². The Morgan fingerprint density at radius 1 is 1.50 bits per heavy atom. The molecule has 10 heavy (non-hydrogen) atoms. The lowest BCUT2D eigenvalue weighted by molar-refractivity contribution is 0.869. The molecule has 0 aromatic heterocycles. The molecule has 0 fully saturated rings. The van der Waals surface area contributed by atoms with Crippen LogP contribution in [-0.2, 0) is 0 Å². The molecule has 0 aliphatic carbocycles. The first-order valence-corrected chi connectivity index (χ1v) is 3.01. The SMILES string of the molecule is [O-]/N=C1/CCCC(N[O-])=N1. The summed E-state index contributed by atoms with van der Waals surface area (Å²) in [6.07, 6.45) is 1.96. The summed E-state index contributed by atoms with van der Waals surface area (Å²) < 4.78 is 0. The monoisotopic (exact) mass is 141 g/mol. The predicted molar refractivity (Wildman–Crippen MR) is 38.6 cm³/mol. The third-order valence-corrected chi connectivity index (χ3v) is 1.30. The van der Waals surface area contributed by atoms with E-state index in [1.54, 1.807) is 5.48 Å². The molecule has 1 aliphatic rings. The van der Waals surface area contributed by atoms with Crippen LogP contribution < -0.4 is 5.48 Å². The van der Waals surface area contributed by atoms with E-state index in [4.69, 9.17) is 0 Å². The number of nitrogens with zero attached hydrogens (tertiary/aromatic N) is 2. The Kier molecular flexibility index (Phi) is 2.22. The topological polar surface area (TPSA) is 82.9 Å². The van der Waals surface area contributed by atoms with Crippen molar-refractivity contribution in [2.24, 2.45) is 10.1 Å². The van der Waals surface area contributed by atoms with Gasteiger partial charge in [0.1, 0.15) is 5.84 Å². The molecule has 0 atom stereocenters. The van der Waals surface area contributed by atoms with Crippen molar-refractivity contribution in [1.82, 2.24) is 5.48 Å². The van der Waals surface area contributed by atoms with Gasteiger partial charge < -0.3 is 21.1 Å². The molecule has 5 nitrogen and oxygen atoms in total. The van der Waals surface area contributed by atoms with Crippen LogP contribution in [-0.4, -0.2) is 11.7 Å². The normalized spacial score (nSPS) is 22.5. The van der Waals surface area contributed by atoms with E-state index in [0.29, 0.717) is 18.7 Å². The summed E-state index contributed by atoms with van der Waals surface area (Å²) in [5, 5.41) is 22.6. The van der Waals surface area contributed by atoms with Gasteiger partial charge in [-0.15, -0.1) is 0 Å².